The summed E-state index contributed by atoms with van der Waals surface area (Å²) in [5.41, 5.74) is 8.51. The Balaban J connectivity index is 1.76. The second-order valence-electron chi connectivity index (χ2n) is 4.35. The van der Waals surface area contributed by atoms with Crippen LogP contribution in [0.1, 0.15) is 5.56 Å². The number of nitrogens with one attached hydrogen (secondary N) is 1. The molecule has 0 saturated carbocycles. The molecule has 1 heterocycles. The largest absolute Gasteiger partial charge is 0.399 e. The molecule has 0 amide bonds. The van der Waals surface area contributed by atoms with Gasteiger partial charge in [-0.15, -0.1) is 0 Å². The number of hydrogen-bond acceptors (Lipinski definition) is 4. The van der Waals surface area contributed by atoms with Gasteiger partial charge in [0.25, 0.3) is 0 Å². The maximum atomic E-state index is 5.65. The molecule has 1 aromatic heterocycles. The van der Waals surface area contributed by atoms with Gasteiger partial charge in [-0.05, 0) is 23.8 Å². The van der Waals surface area contributed by atoms with E-state index in [1.807, 2.05) is 54.7 Å². The lowest BCUT2D eigenvalue weighted by Crippen LogP contribution is -2.03. The molecule has 3 rings (SSSR count). The summed E-state index contributed by atoms with van der Waals surface area (Å²) < 4.78 is 0. The van der Waals surface area contributed by atoms with E-state index < -0.39 is 0 Å². The normalized spacial score (nSPS) is 10.5. The highest BCUT2D eigenvalue weighted by Crippen LogP contribution is 2.12. The zero-order valence-corrected chi connectivity index (χ0v) is 10.4. The predicted octanol–water partition coefficient (Wildman–Crippen LogP) is 2.82. The Morgan fingerprint density at radius 3 is 2.63 bits per heavy atom. The zero-order valence-electron chi connectivity index (χ0n) is 10.4. The molecule has 94 valence electrons. The molecule has 0 unspecified atom stereocenters. The van der Waals surface area contributed by atoms with Crippen LogP contribution in [0.25, 0.3) is 10.9 Å². The molecule has 0 radical (unpaired) electrons. The second kappa shape index (κ2) is 4.94. The van der Waals surface area contributed by atoms with Crippen molar-refractivity contribution in [2.75, 3.05) is 11.1 Å². The molecule has 0 fully saturated rings. The van der Waals surface area contributed by atoms with Crippen molar-refractivity contribution in [1.29, 1.82) is 0 Å². The maximum absolute atomic E-state index is 5.65. The number of aromatic nitrogens is 2. The third-order valence-electron chi connectivity index (χ3n) is 2.92. The number of benzene rings is 2. The third-order valence-corrected chi connectivity index (χ3v) is 2.92. The summed E-state index contributed by atoms with van der Waals surface area (Å²) in [6.07, 6.45) is 1.83. The average Bonchev–Trinajstić information content (AvgIpc) is 2.46. The molecule has 0 bridgehead atoms. The molecular weight excluding hydrogens is 236 g/mol. The molecule has 2 aromatic carbocycles. The van der Waals surface area contributed by atoms with E-state index in [1.165, 1.54) is 0 Å². The van der Waals surface area contributed by atoms with Gasteiger partial charge in [0.2, 0.25) is 5.95 Å². The first-order valence-electron chi connectivity index (χ1n) is 6.11. The highest BCUT2D eigenvalue weighted by molar-refractivity contribution is 5.78. The van der Waals surface area contributed by atoms with Crippen molar-refractivity contribution >= 4 is 22.5 Å². The monoisotopic (exact) mass is 250 g/mol. The number of hydrogen-bond donors (Lipinski definition) is 2. The predicted molar refractivity (Wildman–Crippen MR) is 77.7 cm³/mol. The van der Waals surface area contributed by atoms with Crippen LogP contribution in [0, 0.1) is 0 Å². The first kappa shape index (κ1) is 11.5. The van der Waals surface area contributed by atoms with E-state index >= 15 is 0 Å². The van der Waals surface area contributed by atoms with Crippen LogP contribution in [0.5, 0.6) is 0 Å². The van der Waals surface area contributed by atoms with E-state index in [4.69, 9.17) is 5.73 Å². The van der Waals surface area contributed by atoms with Crippen LogP contribution >= 0.6 is 0 Å². The highest BCUT2D eigenvalue weighted by atomic mass is 15.1. The number of nitrogen functional groups attached to an aromatic ring is 1. The number of nitrogens with zero attached hydrogens (tertiary/aromatic N) is 2. The minimum absolute atomic E-state index is 0.635. The summed E-state index contributed by atoms with van der Waals surface area (Å²) in [5, 5.41) is 4.25. The Morgan fingerprint density at radius 2 is 1.79 bits per heavy atom. The van der Waals surface area contributed by atoms with Crippen molar-refractivity contribution in [1.82, 2.24) is 9.97 Å². The Kier molecular flexibility index (Phi) is 2.98. The Hall–Kier alpha value is -2.62. The highest BCUT2D eigenvalue weighted by Gasteiger charge is 1.99. The molecule has 3 aromatic rings. The van der Waals surface area contributed by atoms with Gasteiger partial charge < -0.3 is 11.1 Å². The molecule has 0 aliphatic rings. The van der Waals surface area contributed by atoms with Gasteiger partial charge in [0.15, 0.2) is 0 Å². The van der Waals surface area contributed by atoms with E-state index in [2.05, 4.69) is 15.3 Å². The SMILES string of the molecule is Nc1ccc(CNc2ncc3ccccc3n2)cc1. The van der Waals surface area contributed by atoms with Gasteiger partial charge in [0.05, 0.1) is 5.52 Å². The molecule has 0 aliphatic heterocycles. The van der Waals surface area contributed by atoms with Gasteiger partial charge in [-0.3, -0.25) is 0 Å². The quantitative estimate of drug-likeness (QED) is 0.702. The van der Waals surface area contributed by atoms with Crippen LogP contribution in [0.3, 0.4) is 0 Å². The van der Waals surface area contributed by atoms with Crippen LogP contribution in [-0.4, -0.2) is 9.97 Å². The summed E-state index contributed by atoms with van der Waals surface area (Å²) in [4.78, 5) is 8.75. The lowest BCUT2D eigenvalue weighted by Gasteiger charge is -2.06. The van der Waals surface area contributed by atoms with Crippen LogP contribution in [-0.2, 0) is 6.54 Å². The van der Waals surface area contributed by atoms with Crippen molar-refractivity contribution in [3.05, 3.63) is 60.3 Å². The van der Waals surface area contributed by atoms with E-state index in [1.54, 1.807) is 0 Å². The van der Waals surface area contributed by atoms with Crippen molar-refractivity contribution < 1.29 is 0 Å². The van der Waals surface area contributed by atoms with Gasteiger partial charge in [0.1, 0.15) is 0 Å². The molecule has 0 aliphatic carbocycles. The molecule has 3 N–H and O–H groups in total. The van der Waals surface area contributed by atoms with E-state index in [0.29, 0.717) is 12.5 Å². The summed E-state index contributed by atoms with van der Waals surface area (Å²) in [6, 6.07) is 15.7. The van der Waals surface area contributed by atoms with Crippen molar-refractivity contribution in [3.63, 3.8) is 0 Å². The number of para-hydroxylation sites is 1. The van der Waals surface area contributed by atoms with Crippen LogP contribution in [0.15, 0.2) is 54.7 Å². The lowest BCUT2D eigenvalue weighted by molar-refractivity contribution is 1.07. The Morgan fingerprint density at radius 1 is 1.00 bits per heavy atom. The van der Waals surface area contributed by atoms with E-state index in [9.17, 15) is 0 Å². The van der Waals surface area contributed by atoms with Crippen LogP contribution in [0.4, 0.5) is 11.6 Å². The van der Waals surface area contributed by atoms with Gasteiger partial charge in [0, 0.05) is 23.8 Å². The minimum atomic E-state index is 0.635. The first-order valence-corrected chi connectivity index (χ1v) is 6.11. The molecule has 0 spiro atoms. The molecular formula is C15H14N4. The van der Waals surface area contributed by atoms with Gasteiger partial charge >= 0.3 is 0 Å². The first-order chi connectivity index (χ1) is 9.31. The Bertz CT molecular complexity index is 692. The zero-order chi connectivity index (χ0) is 13.1. The summed E-state index contributed by atoms with van der Waals surface area (Å²) in [7, 11) is 0. The summed E-state index contributed by atoms with van der Waals surface area (Å²) >= 11 is 0. The standard InChI is InChI=1S/C15H14N4/c16-13-7-5-11(6-8-13)9-17-15-18-10-12-3-1-2-4-14(12)19-15/h1-8,10H,9,16H2,(H,17,18,19). The molecule has 4 heteroatoms. The van der Waals surface area contributed by atoms with Crippen molar-refractivity contribution in [2.24, 2.45) is 0 Å². The minimum Gasteiger partial charge on any atom is -0.399 e. The van der Waals surface area contributed by atoms with Gasteiger partial charge in [-0.1, -0.05) is 30.3 Å². The van der Waals surface area contributed by atoms with E-state index in [0.717, 1.165) is 22.2 Å². The fourth-order valence-corrected chi connectivity index (χ4v) is 1.87. The fraction of sp³-hybridized carbons (Fsp3) is 0.0667. The number of anilines is 2. The number of fused-ring (bicyclic) bond motifs is 1. The molecule has 0 atom stereocenters. The van der Waals surface area contributed by atoms with Crippen molar-refractivity contribution in [2.45, 2.75) is 6.54 Å². The van der Waals surface area contributed by atoms with Crippen LogP contribution in [0.2, 0.25) is 0 Å². The molecule has 19 heavy (non-hydrogen) atoms. The number of rotatable bonds is 3. The number of nitrogens with two attached hydrogens (primary N) is 1. The van der Waals surface area contributed by atoms with Crippen LogP contribution < -0.4 is 11.1 Å². The fourth-order valence-electron chi connectivity index (χ4n) is 1.87. The van der Waals surface area contributed by atoms with Gasteiger partial charge in [-0.2, -0.15) is 0 Å². The second-order valence-corrected chi connectivity index (χ2v) is 4.35. The smallest absolute Gasteiger partial charge is 0.223 e. The molecule has 4 nitrogen and oxygen atoms in total. The topological polar surface area (TPSA) is 63.8 Å². The third kappa shape index (κ3) is 2.63. The lowest BCUT2D eigenvalue weighted by atomic mass is 10.2. The van der Waals surface area contributed by atoms with E-state index in [-0.39, 0.29) is 0 Å². The maximum Gasteiger partial charge on any atom is 0.223 e. The van der Waals surface area contributed by atoms with Crippen molar-refractivity contribution in [3.8, 4) is 0 Å². The van der Waals surface area contributed by atoms with Gasteiger partial charge in [-0.25, -0.2) is 9.97 Å². The summed E-state index contributed by atoms with van der Waals surface area (Å²) in [5.74, 6) is 0.635. The Labute approximate surface area is 111 Å². The average molecular weight is 250 g/mol. The molecule has 0 saturated heterocycles. The summed E-state index contributed by atoms with van der Waals surface area (Å²) in [6.45, 7) is 0.679.